The summed E-state index contributed by atoms with van der Waals surface area (Å²) < 4.78 is 4.64. The lowest BCUT2D eigenvalue weighted by Crippen LogP contribution is -2.07. The van der Waals surface area contributed by atoms with Crippen molar-refractivity contribution in [2.24, 2.45) is 5.73 Å². The van der Waals surface area contributed by atoms with Gasteiger partial charge in [-0.25, -0.2) is 4.79 Å². The molecule has 0 bridgehead atoms. The number of hydrogen-bond donors (Lipinski definition) is 2. The van der Waals surface area contributed by atoms with Crippen LogP contribution in [0.5, 0.6) is 0 Å². The van der Waals surface area contributed by atoms with Gasteiger partial charge in [-0.3, -0.25) is 4.79 Å². The lowest BCUT2D eigenvalue weighted by molar-refractivity contribution is -0.113. The summed E-state index contributed by atoms with van der Waals surface area (Å²) in [7, 11) is 1.30. The van der Waals surface area contributed by atoms with E-state index in [0.717, 1.165) is 0 Å². The van der Waals surface area contributed by atoms with Gasteiger partial charge in [0.25, 0.3) is 0 Å². The molecule has 5 nitrogen and oxygen atoms in total. The summed E-state index contributed by atoms with van der Waals surface area (Å²) in [4.78, 5) is 22.1. The van der Waals surface area contributed by atoms with Crippen molar-refractivity contribution in [1.82, 2.24) is 0 Å². The summed E-state index contributed by atoms with van der Waals surface area (Å²) in [5.41, 5.74) is 12.8. The number of rotatable bonds is 3. The van der Waals surface area contributed by atoms with E-state index in [0.29, 0.717) is 22.4 Å². The van der Waals surface area contributed by atoms with Crippen LogP contribution in [0, 0.1) is 6.92 Å². The molecule has 1 aromatic carbocycles. The summed E-state index contributed by atoms with van der Waals surface area (Å²) in [5, 5.41) is 0. The fraction of sp³-hybridized carbons (Fsp3) is 0.167. The third-order valence-electron chi connectivity index (χ3n) is 2.32. The predicted molar refractivity (Wildman–Crippen MR) is 65.2 cm³/mol. The third kappa shape index (κ3) is 3.07. The van der Waals surface area contributed by atoms with Gasteiger partial charge in [-0.05, 0) is 36.3 Å². The minimum Gasteiger partial charge on any atom is -0.465 e. The van der Waals surface area contributed by atoms with E-state index in [9.17, 15) is 9.59 Å². The Balaban J connectivity index is 3.23. The van der Waals surface area contributed by atoms with E-state index in [4.69, 9.17) is 11.5 Å². The molecule has 0 aliphatic heterocycles. The second kappa shape index (κ2) is 5.16. The highest BCUT2D eigenvalue weighted by Gasteiger charge is 2.12. The van der Waals surface area contributed by atoms with Crippen molar-refractivity contribution in [1.29, 1.82) is 0 Å². The number of anilines is 1. The van der Waals surface area contributed by atoms with Gasteiger partial charge in [-0.15, -0.1) is 0 Å². The van der Waals surface area contributed by atoms with Crippen LogP contribution >= 0.6 is 0 Å². The number of hydrogen-bond acceptors (Lipinski definition) is 4. The number of primary amides is 1. The molecule has 0 unspecified atom stereocenters. The van der Waals surface area contributed by atoms with Crippen LogP contribution in [0.15, 0.2) is 18.2 Å². The zero-order valence-corrected chi connectivity index (χ0v) is 9.69. The zero-order valence-electron chi connectivity index (χ0n) is 9.69. The highest BCUT2D eigenvalue weighted by molar-refractivity contribution is 5.95. The maximum atomic E-state index is 11.5. The first-order valence-electron chi connectivity index (χ1n) is 4.91. The molecule has 0 atom stereocenters. The maximum Gasteiger partial charge on any atom is 0.338 e. The van der Waals surface area contributed by atoms with Crippen LogP contribution < -0.4 is 11.5 Å². The second-order valence-electron chi connectivity index (χ2n) is 3.51. The first-order chi connectivity index (χ1) is 7.95. The van der Waals surface area contributed by atoms with Gasteiger partial charge in [0.1, 0.15) is 0 Å². The lowest BCUT2D eigenvalue weighted by atomic mass is 10.0. The van der Waals surface area contributed by atoms with Crippen molar-refractivity contribution in [2.45, 2.75) is 6.92 Å². The first-order valence-corrected chi connectivity index (χ1v) is 4.91. The predicted octanol–water partition coefficient (Wildman–Crippen LogP) is 0.862. The average Bonchev–Trinajstić information content (AvgIpc) is 2.29. The van der Waals surface area contributed by atoms with Crippen molar-refractivity contribution < 1.29 is 14.3 Å². The number of carbonyl (C=O) groups excluding carboxylic acids is 2. The molecule has 0 fully saturated rings. The van der Waals surface area contributed by atoms with E-state index in [1.165, 1.54) is 19.3 Å². The molecule has 1 rings (SSSR count). The van der Waals surface area contributed by atoms with Crippen molar-refractivity contribution in [3.05, 3.63) is 34.9 Å². The van der Waals surface area contributed by atoms with Gasteiger partial charge in [-0.1, -0.05) is 0 Å². The smallest absolute Gasteiger partial charge is 0.338 e. The Hall–Kier alpha value is -2.30. The van der Waals surface area contributed by atoms with Crippen LogP contribution in [-0.4, -0.2) is 19.0 Å². The Kier molecular flexibility index (Phi) is 3.87. The van der Waals surface area contributed by atoms with E-state index in [-0.39, 0.29) is 0 Å². The number of methoxy groups -OCH3 is 1. The molecule has 0 aliphatic carbocycles. The SMILES string of the molecule is COC(=O)c1cc(C=CC(N)=O)cc(N)c1C. The number of amides is 1. The van der Waals surface area contributed by atoms with Gasteiger partial charge in [0.05, 0.1) is 12.7 Å². The van der Waals surface area contributed by atoms with Crippen LogP contribution in [0.4, 0.5) is 5.69 Å². The van der Waals surface area contributed by atoms with Crippen LogP contribution in [0.2, 0.25) is 0 Å². The van der Waals surface area contributed by atoms with Gasteiger partial charge >= 0.3 is 5.97 Å². The van der Waals surface area contributed by atoms with E-state index in [1.54, 1.807) is 19.1 Å². The molecule has 90 valence electrons. The molecule has 4 N–H and O–H groups in total. The zero-order chi connectivity index (χ0) is 13.0. The Labute approximate surface area is 99.0 Å². The average molecular weight is 234 g/mol. The Morgan fingerprint density at radius 1 is 1.35 bits per heavy atom. The summed E-state index contributed by atoms with van der Waals surface area (Å²) >= 11 is 0. The van der Waals surface area contributed by atoms with Crippen LogP contribution in [0.3, 0.4) is 0 Å². The number of nitrogen functional groups attached to an aromatic ring is 1. The minimum absolute atomic E-state index is 0.372. The van der Waals surface area contributed by atoms with Crippen molar-refractivity contribution >= 4 is 23.6 Å². The normalized spacial score (nSPS) is 10.5. The molecule has 17 heavy (non-hydrogen) atoms. The van der Waals surface area contributed by atoms with Crippen molar-refractivity contribution in [3.8, 4) is 0 Å². The van der Waals surface area contributed by atoms with Gasteiger partial charge < -0.3 is 16.2 Å². The molecule has 1 aromatic rings. The lowest BCUT2D eigenvalue weighted by Gasteiger charge is -2.08. The Morgan fingerprint density at radius 2 is 2.00 bits per heavy atom. The Bertz CT molecular complexity index is 493. The maximum absolute atomic E-state index is 11.5. The number of esters is 1. The van der Waals surface area contributed by atoms with Crippen LogP contribution in [-0.2, 0) is 9.53 Å². The van der Waals surface area contributed by atoms with Crippen LogP contribution in [0.25, 0.3) is 6.08 Å². The molecule has 1 amide bonds. The molecule has 0 spiro atoms. The van der Waals surface area contributed by atoms with Crippen molar-refractivity contribution in [3.63, 3.8) is 0 Å². The van der Waals surface area contributed by atoms with E-state index in [1.807, 2.05) is 0 Å². The molecule has 0 aliphatic rings. The molecular weight excluding hydrogens is 220 g/mol. The number of nitrogens with two attached hydrogens (primary N) is 2. The monoisotopic (exact) mass is 234 g/mol. The summed E-state index contributed by atoms with van der Waals surface area (Å²) in [6.07, 6.45) is 2.69. The summed E-state index contributed by atoms with van der Waals surface area (Å²) in [6.45, 7) is 1.73. The number of carbonyl (C=O) groups is 2. The fourth-order valence-corrected chi connectivity index (χ4v) is 1.36. The number of ether oxygens (including phenoxy) is 1. The molecule has 0 radical (unpaired) electrons. The minimum atomic E-state index is -0.566. The first kappa shape index (κ1) is 12.8. The third-order valence-corrected chi connectivity index (χ3v) is 2.32. The van der Waals surface area contributed by atoms with Crippen LogP contribution in [0.1, 0.15) is 21.5 Å². The largest absolute Gasteiger partial charge is 0.465 e. The second-order valence-corrected chi connectivity index (χ2v) is 3.51. The standard InChI is InChI=1S/C12H14N2O3/c1-7-9(12(16)17-2)5-8(6-10(7)13)3-4-11(14)15/h3-6H,13H2,1-2H3,(H2,14,15). The van der Waals surface area contributed by atoms with Gasteiger partial charge in [0.2, 0.25) is 5.91 Å². The summed E-state index contributed by atoms with van der Waals surface area (Å²) in [6, 6.07) is 3.25. The highest BCUT2D eigenvalue weighted by Crippen LogP contribution is 2.20. The molecule has 0 saturated carbocycles. The molecular formula is C12H14N2O3. The number of benzene rings is 1. The molecule has 5 heteroatoms. The van der Waals surface area contributed by atoms with Crippen molar-refractivity contribution in [2.75, 3.05) is 12.8 Å². The van der Waals surface area contributed by atoms with E-state index < -0.39 is 11.9 Å². The van der Waals surface area contributed by atoms with Gasteiger partial charge in [0, 0.05) is 11.8 Å². The van der Waals surface area contributed by atoms with Gasteiger partial charge in [0.15, 0.2) is 0 Å². The quantitative estimate of drug-likeness (QED) is 0.460. The summed E-state index contributed by atoms with van der Waals surface area (Å²) in [5.74, 6) is -1.03. The van der Waals surface area contributed by atoms with E-state index in [2.05, 4.69) is 4.74 Å². The highest BCUT2D eigenvalue weighted by atomic mass is 16.5. The molecule has 0 aromatic heterocycles. The fourth-order valence-electron chi connectivity index (χ4n) is 1.36. The van der Waals surface area contributed by atoms with Gasteiger partial charge in [-0.2, -0.15) is 0 Å². The molecule has 0 heterocycles. The van der Waals surface area contributed by atoms with E-state index >= 15 is 0 Å². The topological polar surface area (TPSA) is 95.4 Å². The molecule has 0 saturated heterocycles. The Morgan fingerprint density at radius 3 is 2.53 bits per heavy atom.